The van der Waals surface area contributed by atoms with Crippen LogP contribution in [0.1, 0.15) is 0 Å². The van der Waals surface area contributed by atoms with E-state index < -0.39 is 8.07 Å². The third kappa shape index (κ3) is 6.54. The normalized spacial score (nSPS) is 12.7. The first-order valence-electron chi connectivity index (χ1n) is 4.32. The lowest BCUT2D eigenvalue weighted by Crippen LogP contribution is -2.29. The summed E-state index contributed by atoms with van der Waals surface area (Å²) in [7, 11) is -1.43. The molecule has 3 nitrogen and oxygen atoms in total. The Bertz CT molecular complexity index is 137. The Morgan fingerprint density at radius 3 is 2.67 bits per heavy atom. The van der Waals surface area contributed by atoms with Crippen LogP contribution >= 0.6 is 0 Å². The molecule has 0 radical (unpaired) electrons. The van der Waals surface area contributed by atoms with Gasteiger partial charge in [-0.25, -0.2) is 0 Å². The largest absolute Gasteiger partial charge is 0.399 e. The summed E-state index contributed by atoms with van der Waals surface area (Å²) in [5.74, 6) is 0. The molecule has 0 aliphatic carbocycles. The van der Waals surface area contributed by atoms with Gasteiger partial charge in [0.2, 0.25) is 0 Å². The van der Waals surface area contributed by atoms with E-state index in [9.17, 15) is 0 Å². The fraction of sp³-hybridized carbons (Fsp3) is 0.750. The Kier molecular flexibility index (Phi) is 6.28. The van der Waals surface area contributed by atoms with Gasteiger partial charge in [-0.3, -0.25) is 0 Å². The highest BCUT2D eigenvalue weighted by atomic mass is 28.3. The minimum absolute atomic E-state index is 0.320. The van der Waals surface area contributed by atoms with Crippen molar-refractivity contribution in [3.63, 3.8) is 0 Å². The maximum absolute atomic E-state index is 8.97. The van der Waals surface area contributed by atoms with Gasteiger partial charge in [0.25, 0.3) is 0 Å². The van der Waals surface area contributed by atoms with Gasteiger partial charge in [0.15, 0.2) is 0 Å². The third-order valence-electron chi connectivity index (χ3n) is 1.56. The van der Waals surface area contributed by atoms with E-state index in [0.29, 0.717) is 12.8 Å². The number of nitrogens with two attached hydrogens (primary N) is 1. The van der Waals surface area contributed by atoms with Crippen LogP contribution in [0.3, 0.4) is 0 Å². The molecule has 0 rings (SSSR count). The fourth-order valence-electron chi connectivity index (χ4n) is 0.718. The lowest BCUT2D eigenvalue weighted by atomic mass is 10.6. The van der Waals surface area contributed by atoms with Gasteiger partial charge in [-0.15, -0.1) is 0 Å². The minimum Gasteiger partial charge on any atom is -0.399 e. The molecule has 4 heteroatoms. The number of aliphatic hydroxyl groups is 1. The molecule has 0 aliphatic rings. The fourth-order valence-corrected chi connectivity index (χ4v) is 1.58. The molecule has 0 bridgehead atoms. The summed E-state index contributed by atoms with van der Waals surface area (Å²) in [4.78, 5) is 0. The van der Waals surface area contributed by atoms with E-state index in [1.165, 1.54) is 0 Å². The second-order valence-corrected chi connectivity index (χ2v) is 8.17. The topological polar surface area (TPSA) is 58.3 Å². The highest BCUT2D eigenvalue weighted by Gasteiger charge is 2.13. The van der Waals surface area contributed by atoms with E-state index in [-0.39, 0.29) is 0 Å². The summed E-state index contributed by atoms with van der Waals surface area (Å²) in [6.45, 7) is 6.65. The number of aliphatic hydroxyl groups excluding tert-OH is 1. The van der Waals surface area contributed by atoms with Crippen LogP contribution in [0.15, 0.2) is 11.8 Å². The molecule has 0 amide bonds. The zero-order valence-corrected chi connectivity index (χ0v) is 9.01. The Hall–Kier alpha value is -0.163. The van der Waals surface area contributed by atoms with Crippen molar-refractivity contribution in [3.8, 4) is 0 Å². The third-order valence-corrected chi connectivity index (χ3v) is 3.51. The van der Waals surface area contributed by atoms with Gasteiger partial charge in [-0.05, 0) is 0 Å². The molecule has 0 heterocycles. The van der Waals surface area contributed by atoms with Crippen molar-refractivity contribution in [2.24, 2.45) is 5.73 Å². The molecule has 0 unspecified atom stereocenters. The van der Waals surface area contributed by atoms with Crippen LogP contribution in [-0.4, -0.2) is 39.0 Å². The van der Waals surface area contributed by atoms with Crippen molar-refractivity contribution in [2.45, 2.75) is 13.1 Å². The molecule has 0 saturated heterocycles. The van der Waals surface area contributed by atoms with E-state index >= 15 is 0 Å². The van der Waals surface area contributed by atoms with Crippen LogP contribution < -0.4 is 11.1 Å². The van der Waals surface area contributed by atoms with Gasteiger partial charge in [0, 0.05) is 25.9 Å². The summed E-state index contributed by atoms with van der Waals surface area (Å²) in [6.07, 6.45) is 2.40. The molecule has 72 valence electrons. The van der Waals surface area contributed by atoms with E-state index in [1.807, 2.05) is 0 Å². The van der Waals surface area contributed by atoms with Crippen LogP contribution in [0.2, 0.25) is 13.1 Å². The number of hydrogen-bond donors (Lipinski definition) is 3. The second-order valence-electron chi connectivity index (χ2n) is 3.54. The Labute approximate surface area is 75.7 Å². The molecular weight excluding hydrogens is 168 g/mol. The highest BCUT2D eigenvalue weighted by Crippen LogP contribution is 2.00. The van der Waals surface area contributed by atoms with Crippen molar-refractivity contribution in [2.75, 3.05) is 25.9 Å². The standard InChI is InChI=1S/C8H20N2OSi/c1-12(2,8-11)7-3-5-10-6-4-9/h3,7,10-11H,4-6,8-9H2,1-2H3. The first kappa shape index (κ1) is 11.8. The molecule has 4 N–H and O–H groups in total. The van der Waals surface area contributed by atoms with Crippen molar-refractivity contribution < 1.29 is 5.11 Å². The second kappa shape index (κ2) is 6.36. The van der Waals surface area contributed by atoms with Crippen LogP contribution in [0.25, 0.3) is 0 Å². The molecule has 0 saturated carbocycles. The first-order chi connectivity index (χ1) is 5.62. The number of nitrogens with one attached hydrogen (secondary N) is 1. The van der Waals surface area contributed by atoms with Gasteiger partial charge in [0.1, 0.15) is 8.07 Å². The van der Waals surface area contributed by atoms with Crippen molar-refractivity contribution in [1.82, 2.24) is 5.32 Å². The van der Waals surface area contributed by atoms with E-state index in [2.05, 4.69) is 30.2 Å². The summed E-state index contributed by atoms with van der Waals surface area (Å²) in [5.41, 5.74) is 7.45. The van der Waals surface area contributed by atoms with Gasteiger partial charge in [0.05, 0.1) is 0 Å². The van der Waals surface area contributed by atoms with Crippen LogP contribution in [0, 0.1) is 0 Å². The molecule has 0 fully saturated rings. The van der Waals surface area contributed by atoms with Crippen molar-refractivity contribution in [3.05, 3.63) is 11.8 Å². The molecular formula is C8H20N2OSi. The van der Waals surface area contributed by atoms with Crippen LogP contribution in [0.5, 0.6) is 0 Å². The lowest BCUT2D eigenvalue weighted by molar-refractivity contribution is 0.360. The summed E-state index contributed by atoms with van der Waals surface area (Å²) in [6, 6.07) is 0. The van der Waals surface area contributed by atoms with Gasteiger partial charge < -0.3 is 16.2 Å². The molecule has 0 aliphatic heterocycles. The monoisotopic (exact) mass is 188 g/mol. The number of hydrogen-bond acceptors (Lipinski definition) is 3. The predicted molar refractivity (Wildman–Crippen MR) is 55.6 cm³/mol. The molecule has 0 aromatic heterocycles. The van der Waals surface area contributed by atoms with E-state index in [4.69, 9.17) is 10.8 Å². The Morgan fingerprint density at radius 2 is 2.17 bits per heavy atom. The summed E-state index contributed by atoms with van der Waals surface area (Å²) in [5, 5.41) is 12.1. The average Bonchev–Trinajstić information content (AvgIpc) is 2.04. The quantitative estimate of drug-likeness (QED) is 0.402. The SMILES string of the molecule is C[Si](C)(C=CCNCCN)CO. The molecule has 0 aromatic carbocycles. The predicted octanol–water partition coefficient (Wildman–Crippen LogP) is -0.130. The van der Waals surface area contributed by atoms with Gasteiger partial charge >= 0.3 is 0 Å². The van der Waals surface area contributed by atoms with Crippen LogP contribution in [0.4, 0.5) is 0 Å². The van der Waals surface area contributed by atoms with Gasteiger partial charge in [-0.2, -0.15) is 0 Å². The smallest absolute Gasteiger partial charge is 0.100 e. The molecule has 0 aromatic rings. The molecule has 0 spiro atoms. The highest BCUT2D eigenvalue weighted by molar-refractivity contribution is 6.82. The maximum Gasteiger partial charge on any atom is 0.100 e. The Morgan fingerprint density at radius 1 is 1.50 bits per heavy atom. The molecule has 0 atom stereocenters. The van der Waals surface area contributed by atoms with E-state index in [0.717, 1.165) is 13.1 Å². The lowest BCUT2D eigenvalue weighted by Gasteiger charge is -2.12. The Balaban J connectivity index is 3.47. The van der Waals surface area contributed by atoms with Crippen LogP contribution in [-0.2, 0) is 0 Å². The molecule has 12 heavy (non-hydrogen) atoms. The van der Waals surface area contributed by atoms with Crippen molar-refractivity contribution in [1.29, 1.82) is 0 Å². The average molecular weight is 188 g/mol. The van der Waals surface area contributed by atoms with Gasteiger partial charge in [-0.1, -0.05) is 24.9 Å². The summed E-state index contributed by atoms with van der Waals surface area (Å²) < 4.78 is 0. The maximum atomic E-state index is 8.97. The zero-order valence-electron chi connectivity index (χ0n) is 8.01. The minimum atomic E-state index is -1.43. The van der Waals surface area contributed by atoms with E-state index in [1.54, 1.807) is 0 Å². The number of rotatable bonds is 6. The van der Waals surface area contributed by atoms with Crippen molar-refractivity contribution >= 4 is 8.07 Å². The zero-order chi connectivity index (χ0) is 9.45. The summed E-state index contributed by atoms with van der Waals surface area (Å²) >= 11 is 0. The first-order valence-corrected chi connectivity index (χ1v) is 7.60.